The van der Waals surface area contributed by atoms with Crippen molar-refractivity contribution >= 4 is 22.6 Å². The second-order valence-electron chi connectivity index (χ2n) is 7.01. The molecule has 1 spiro atoms. The van der Waals surface area contributed by atoms with E-state index in [1.165, 1.54) is 4.90 Å². The van der Waals surface area contributed by atoms with Crippen molar-refractivity contribution in [3.8, 4) is 11.8 Å². The van der Waals surface area contributed by atoms with E-state index in [1.807, 2.05) is 6.07 Å². The number of fused-ring (bicyclic) bond motifs is 6. The van der Waals surface area contributed by atoms with Crippen molar-refractivity contribution in [1.82, 2.24) is 0 Å². The number of nitrogens with zero attached hydrogens (tertiary/aromatic N) is 2. The summed E-state index contributed by atoms with van der Waals surface area (Å²) in [4.78, 5) is 28.6. The fourth-order valence-corrected chi connectivity index (χ4v) is 4.41. The molecule has 1 atom stereocenters. The number of rotatable bonds is 2. The second kappa shape index (κ2) is 6.09. The first kappa shape index (κ1) is 17.8. The molecule has 30 heavy (non-hydrogen) atoms. The summed E-state index contributed by atoms with van der Waals surface area (Å²) < 4.78 is 11.3. The minimum atomic E-state index is -1.75. The first-order valence-electron chi connectivity index (χ1n) is 9.22. The Bertz CT molecular complexity index is 1400. The lowest BCUT2D eigenvalue weighted by atomic mass is 9.69. The van der Waals surface area contributed by atoms with Crippen molar-refractivity contribution in [1.29, 1.82) is 5.26 Å². The van der Waals surface area contributed by atoms with E-state index < -0.39 is 16.9 Å². The van der Waals surface area contributed by atoms with Crippen LogP contribution in [-0.2, 0) is 10.2 Å². The first-order valence-corrected chi connectivity index (χ1v) is 9.22. The Kier molecular flexibility index (Phi) is 3.61. The molecule has 3 aromatic rings. The summed E-state index contributed by atoms with van der Waals surface area (Å²) in [6.45, 7) is 3.92. The number of nitriles is 1. The third kappa shape index (κ3) is 1.97. The smallest absolute Gasteiger partial charge is 0.345 e. The molecule has 1 amide bonds. The Morgan fingerprint density at radius 2 is 1.90 bits per heavy atom. The summed E-state index contributed by atoms with van der Waals surface area (Å²) in [7, 11) is 0. The summed E-state index contributed by atoms with van der Waals surface area (Å²) >= 11 is 0. The van der Waals surface area contributed by atoms with Crippen LogP contribution in [0.1, 0.15) is 11.1 Å². The molecular formula is C23H15N3O4. The van der Waals surface area contributed by atoms with E-state index in [1.54, 1.807) is 54.6 Å². The van der Waals surface area contributed by atoms with Gasteiger partial charge in [-0.2, -0.15) is 5.26 Å². The molecule has 2 N–H and O–H groups in total. The summed E-state index contributed by atoms with van der Waals surface area (Å²) in [6, 6.07) is 15.8. The van der Waals surface area contributed by atoms with Crippen LogP contribution in [0, 0.1) is 11.3 Å². The number of para-hydroxylation sites is 2. The molecule has 0 aliphatic carbocycles. The zero-order valence-electron chi connectivity index (χ0n) is 15.7. The number of amides is 1. The summed E-state index contributed by atoms with van der Waals surface area (Å²) in [5.74, 6) is -0.568. The highest BCUT2D eigenvalue weighted by atomic mass is 16.5. The Balaban J connectivity index is 2.00. The second-order valence-corrected chi connectivity index (χ2v) is 7.01. The first-order chi connectivity index (χ1) is 14.6. The molecule has 1 aromatic heterocycles. The fraction of sp³-hybridized carbons (Fsp3) is 0.0870. The molecule has 5 rings (SSSR count). The van der Waals surface area contributed by atoms with E-state index in [4.69, 9.17) is 14.9 Å². The quantitative estimate of drug-likeness (QED) is 0.526. The van der Waals surface area contributed by atoms with E-state index in [-0.39, 0.29) is 29.3 Å². The number of benzene rings is 2. The summed E-state index contributed by atoms with van der Waals surface area (Å²) in [5.41, 5.74) is 4.80. The third-order valence-corrected chi connectivity index (χ3v) is 5.56. The van der Waals surface area contributed by atoms with Gasteiger partial charge in [-0.3, -0.25) is 4.79 Å². The maximum atomic E-state index is 13.9. The van der Waals surface area contributed by atoms with Gasteiger partial charge >= 0.3 is 5.63 Å². The Morgan fingerprint density at radius 1 is 1.17 bits per heavy atom. The number of carbonyl (C=O) groups is 1. The number of ether oxygens (including phenoxy) is 1. The maximum absolute atomic E-state index is 13.9. The molecule has 0 saturated carbocycles. The molecule has 3 heterocycles. The average molecular weight is 397 g/mol. The monoisotopic (exact) mass is 397 g/mol. The van der Waals surface area contributed by atoms with Gasteiger partial charge in [-0.05, 0) is 18.2 Å². The SMILES string of the molecule is C=CCN1C(=O)C2(C(C#N)=C(N)Oc3c2c(=O)oc2ccccc32)c2ccccc21. The van der Waals surface area contributed by atoms with Gasteiger partial charge in [0.05, 0.1) is 5.39 Å². The fourth-order valence-electron chi connectivity index (χ4n) is 4.41. The number of nitrogens with two attached hydrogens (primary N) is 1. The molecular weight excluding hydrogens is 382 g/mol. The van der Waals surface area contributed by atoms with Crippen molar-refractivity contribution < 1.29 is 13.9 Å². The molecule has 0 saturated heterocycles. The summed E-state index contributed by atoms with van der Waals surface area (Å²) in [5, 5.41) is 10.5. The molecule has 0 fully saturated rings. The van der Waals surface area contributed by atoms with Crippen molar-refractivity contribution in [2.45, 2.75) is 5.41 Å². The normalized spacial score (nSPS) is 19.4. The van der Waals surface area contributed by atoms with Gasteiger partial charge in [-0.15, -0.1) is 6.58 Å². The number of anilines is 1. The minimum absolute atomic E-state index is 0.0454. The molecule has 0 radical (unpaired) electrons. The van der Waals surface area contributed by atoms with E-state index in [9.17, 15) is 14.9 Å². The van der Waals surface area contributed by atoms with Crippen LogP contribution in [0.25, 0.3) is 11.0 Å². The van der Waals surface area contributed by atoms with Crippen LogP contribution < -0.4 is 21.0 Å². The standard InChI is InChI=1S/C23H15N3O4/c1-2-11-26-16-9-5-4-8-14(16)23(22(26)28)15(12-24)20(25)30-19-13-7-3-6-10-17(13)29-21(27)18(19)23/h2-10H,1,11,25H2. The van der Waals surface area contributed by atoms with E-state index in [2.05, 4.69) is 6.58 Å². The highest BCUT2D eigenvalue weighted by molar-refractivity contribution is 6.14. The molecule has 1 unspecified atom stereocenters. The van der Waals surface area contributed by atoms with Crippen LogP contribution in [0.3, 0.4) is 0 Å². The summed E-state index contributed by atoms with van der Waals surface area (Å²) in [6.07, 6.45) is 1.58. The Labute approximate surface area is 170 Å². The van der Waals surface area contributed by atoms with Gasteiger partial charge in [0.2, 0.25) is 11.8 Å². The van der Waals surface area contributed by atoms with Gasteiger partial charge in [0.1, 0.15) is 22.8 Å². The maximum Gasteiger partial charge on any atom is 0.345 e. The zero-order chi connectivity index (χ0) is 21.0. The Hall–Kier alpha value is -4.31. The van der Waals surface area contributed by atoms with Crippen molar-refractivity contribution in [2.75, 3.05) is 11.4 Å². The molecule has 2 aromatic carbocycles. The van der Waals surface area contributed by atoms with Crippen LogP contribution in [-0.4, -0.2) is 12.5 Å². The molecule has 146 valence electrons. The molecule has 0 bridgehead atoms. The molecule has 2 aliphatic heterocycles. The lowest BCUT2D eigenvalue weighted by molar-refractivity contribution is -0.120. The average Bonchev–Trinajstić information content (AvgIpc) is 2.98. The van der Waals surface area contributed by atoms with Crippen molar-refractivity contribution in [2.24, 2.45) is 5.73 Å². The lowest BCUT2D eigenvalue weighted by Gasteiger charge is -2.33. The van der Waals surface area contributed by atoms with Gasteiger partial charge in [-0.25, -0.2) is 4.79 Å². The number of hydrogen-bond donors (Lipinski definition) is 1. The highest BCUT2D eigenvalue weighted by Crippen LogP contribution is 2.55. The topological polar surface area (TPSA) is 110 Å². The van der Waals surface area contributed by atoms with Gasteiger partial charge in [0, 0.05) is 17.8 Å². The Morgan fingerprint density at radius 3 is 2.67 bits per heavy atom. The minimum Gasteiger partial charge on any atom is -0.439 e. The van der Waals surface area contributed by atoms with E-state index in [0.717, 1.165) is 0 Å². The van der Waals surface area contributed by atoms with Crippen LogP contribution in [0.15, 0.2) is 81.9 Å². The molecule has 7 nitrogen and oxygen atoms in total. The van der Waals surface area contributed by atoms with E-state index in [0.29, 0.717) is 22.2 Å². The third-order valence-electron chi connectivity index (χ3n) is 5.56. The lowest BCUT2D eigenvalue weighted by Crippen LogP contribution is -2.48. The van der Waals surface area contributed by atoms with Crippen molar-refractivity contribution in [3.63, 3.8) is 0 Å². The van der Waals surface area contributed by atoms with Crippen LogP contribution in [0.4, 0.5) is 5.69 Å². The predicted molar refractivity (Wildman–Crippen MR) is 110 cm³/mol. The van der Waals surface area contributed by atoms with Gasteiger partial charge in [-0.1, -0.05) is 36.4 Å². The predicted octanol–water partition coefficient (Wildman–Crippen LogP) is 2.70. The number of carbonyl (C=O) groups excluding carboxylic acids is 1. The van der Waals surface area contributed by atoms with Crippen LogP contribution in [0.5, 0.6) is 5.75 Å². The number of hydrogen-bond acceptors (Lipinski definition) is 6. The van der Waals surface area contributed by atoms with Crippen LogP contribution in [0.2, 0.25) is 0 Å². The van der Waals surface area contributed by atoms with Gasteiger partial charge < -0.3 is 19.8 Å². The van der Waals surface area contributed by atoms with Gasteiger partial charge in [0.15, 0.2) is 11.2 Å². The van der Waals surface area contributed by atoms with Gasteiger partial charge in [0.25, 0.3) is 0 Å². The van der Waals surface area contributed by atoms with Crippen molar-refractivity contribution in [3.05, 3.63) is 94.2 Å². The largest absolute Gasteiger partial charge is 0.439 e. The molecule has 2 aliphatic rings. The van der Waals surface area contributed by atoms with E-state index >= 15 is 0 Å². The zero-order valence-corrected chi connectivity index (χ0v) is 15.7. The molecule has 7 heteroatoms. The highest BCUT2D eigenvalue weighted by Gasteiger charge is 2.61. The van der Waals surface area contributed by atoms with Crippen LogP contribution >= 0.6 is 0 Å².